The van der Waals surface area contributed by atoms with Gasteiger partial charge in [-0.1, -0.05) is 0 Å². The van der Waals surface area contributed by atoms with Gasteiger partial charge in [-0.15, -0.1) is 0 Å². The van der Waals surface area contributed by atoms with Crippen LogP contribution in [0, 0.1) is 17.8 Å². The quantitative estimate of drug-likeness (QED) is 0.781. The summed E-state index contributed by atoms with van der Waals surface area (Å²) in [6.45, 7) is 8.37. The Hall–Kier alpha value is -1.79. The molecule has 0 spiro atoms. The predicted octanol–water partition coefficient (Wildman–Crippen LogP) is 1.03. The summed E-state index contributed by atoms with van der Waals surface area (Å²) in [5, 5.41) is 9.42. The maximum absolute atomic E-state index is 12.2. The summed E-state index contributed by atoms with van der Waals surface area (Å²) in [5.74, 6) is -1.80. The molecule has 0 radical (unpaired) electrons. The van der Waals surface area contributed by atoms with E-state index in [0.29, 0.717) is 19.6 Å². The van der Waals surface area contributed by atoms with E-state index in [9.17, 15) is 19.5 Å². The van der Waals surface area contributed by atoms with Gasteiger partial charge in [0.05, 0.1) is 5.92 Å². The first-order valence-electron chi connectivity index (χ1n) is 7.54. The van der Waals surface area contributed by atoms with Crippen molar-refractivity contribution in [2.75, 3.05) is 26.2 Å². The van der Waals surface area contributed by atoms with E-state index < -0.39 is 23.6 Å². The number of amides is 2. The van der Waals surface area contributed by atoms with Gasteiger partial charge in [0.25, 0.3) is 0 Å². The first-order valence-corrected chi connectivity index (χ1v) is 7.54. The summed E-state index contributed by atoms with van der Waals surface area (Å²) in [4.78, 5) is 38.4. The second-order valence-electron chi connectivity index (χ2n) is 7.18. The summed E-state index contributed by atoms with van der Waals surface area (Å²) in [6, 6.07) is 0. The SMILES string of the molecule is CC(=O)N1CC2CN(C(=O)OC(C)(C)C)CC2C(C(=O)O)C1. The molecule has 7 heteroatoms. The van der Waals surface area contributed by atoms with E-state index in [1.807, 2.05) is 0 Å². The van der Waals surface area contributed by atoms with Crippen molar-refractivity contribution in [1.82, 2.24) is 9.80 Å². The minimum absolute atomic E-state index is 0.00808. The normalized spacial score (nSPS) is 28.3. The van der Waals surface area contributed by atoms with E-state index in [1.54, 1.807) is 30.6 Å². The first-order chi connectivity index (χ1) is 10.1. The van der Waals surface area contributed by atoms with Gasteiger partial charge >= 0.3 is 12.1 Å². The number of ether oxygens (including phenoxy) is 1. The molecule has 0 aliphatic carbocycles. The smallest absolute Gasteiger partial charge is 0.410 e. The van der Waals surface area contributed by atoms with Crippen LogP contribution >= 0.6 is 0 Å². The van der Waals surface area contributed by atoms with Crippen LogP contribution in [0.2, 0.25) is 0 Å². The highest BCUT2D eigenvalue weighted by atomic mass is 16.6. The van der Waals surface area contributed by atoms with Gasteiger partial charge in [0.2, 0.25) is 5.91 Å². The lowest BCUT2D eigenvalue weighted by atomic mass is 9.80. The Labute approximate surface area is 130 Å². The third-order valence-corrected chi connectivity index (χ3v) is 4.29. The molecule has 22 heavy (non-hydrogen) atoms. The summed E-state index contributed by atoms with van der Waals surface area (Å²) in [5.41, 5.74) is -0.581. The van der Waals surface area contributed by atoms with Crippen molar-refractivity contribution in [3.63, 3.8) is 0 Å². The molecule has 0 saturated carbocycles. The fourth-order valence-electron chi connectivity index (χ4n) is 3.27. The standard InChI is InChI=1S/C15H24N2O5/c1-9(18)16-5-10-6-17(14(21)22-15(2,3)4)7-11(10)12(8-16)13(19)20/h10-12H,5-8H2,1-4H3,(H,19,20). The molecule has 2 saturated heterocycles. The Morgan fingerprint density at radius 1 is 1.05 bits per heavy atom. The van der Waals surface area contributed by atoms with Crippen molar-refractivity contribution in [2.24, 2.45) is 17.8 Å². The van der Waals surface area contributed by atoms with Crippen molar-refractivity contribution < 1.29 is 24.2 Å². The number of carboxylic acid groups (broad SMARTS) is 1. The molecule has 1 N–H and O–H groups in total. The zero-order valence-corrected chi connectivity index (χ0v) is 13.5. The molecule has 2 fully saturated rings. The van der Waals surface area contributed by atoms with Crippen molar-refractivity contribution in [2.45, 2.75) is 33.3 Å². The van der Waals surface area contributed by atoms with Gasteiger partial charge in [0.15, 0.2) is 0 Å². The van der Waals surface area contributed by atoms with Gasteiger partial charge in [-0.05, 0) is 32.6 Å². The highest BCUT2D eigenvalue weighted by Gasteiger charge is 2.48. The number of likely N-dealkylation sites (tertiary alicyclic amines) is 2. The van der Waals surface area contributed by atoms with E-state index in [1.165, 1.54) is 6.92 Å². The number of hydrogen-bond acceptors (Lipinski definition) is 4. The van der Waals surface area contributed by atoms with E-state index in [-0.39, 0.29) is 24.3 Å². The number of rotatable bonds is 1. The summed E-state index contributed by atoms with van der Waals surface area (Å²) >= 11 is 0. The average Bonchev–Trinajstić information content (AvgIpc) is 2.78. The molecule has 0 aromatic rings. The third kappa shape index (κ3) is 3.51. The topological polar surface area (TPSA) is 87.2 Å². The monoisotopic (exact) mass is 312 g/mol. The molecule has 2 aliphatic heterocycles. The number of fused-ring (bicyclic) bond motifs is 1. The molecule has 2 heterocycles. The second-order valence-corrected chi connectivity index (χ2v) is 7.18. The molecular weight excluding hydrogens is 288 g/mol. The molecule has 0 aromatic heterocycles. The zero-order valence-electron chi connectivity index (χ0n) is 13.5. The number of aliphatic carboxylic acids is 1. The lowest BCUT2D eigenvalue weighted by Crippen LogP contribution is -2.50. The summed E-state index contributed by atoms with van der Waals surface area (Å²) in [6.07, 6.45) is -0.416. The lowest BCUT2D eigenvalue weighted by molar-refractivity contribution is -0.149. The molecular formula is C15H24N2O5. The van der Waals surface area contributed by atoms with Crippen LogP contribution in [0.1, 0.15) is 27.7 Å². The molecule has 2 amide bonds. The molecule has 7 nitrogen and oxygen atoms in total. The minimum atomic E-state index is -0.910. The lowest BCUT2D eigenvalue weighted by Gasteiger charge is -2.37. The van der Waals surface area contributed by atoms with E-state index >= 15 is 0 Å². The average molecular weight is 312 g/mol. The number of piperidine rings is 1. The van der Waals surface area contributed by atoms with Crippen LogP contribution < -0.4 is 0 Å². The van der Waals surface area contributed by atoms with Gasteiger partial charge < -0.3 is 19.6 Å². The van der Waals surface area contributed by atoms with Crippen LogP contribution in [0.5, 0.6) is 0 Å². The molecule has 2 aliphatic rings. The fraction of sp³-hybridized carbons (Fsp3) is 0.800. The van der Waals surface area contributed by atoms with Crippen LogP contribution in [0.3, 0.4) is 0 Å². The van der Waals surface area contributed by atoms with Crippen LogP contribution in [0.25, 0.3) is 0 Å². The zero-order chi connectivity index (χ0) is 16.7. The van der Waals surface area contributed by atoms with Crippen LogP contribution in [-0.4, -0.2) is 64.7 Å². The Morgan fingerprint density at radius 3 is 2.14 bits per heavy atom. The molecule has 124 valence electrons. The van der Waals surface area contributed by atoms with Gasteiger partial charge in [-0.2, -0.15) is 0 Å². The van der Waals surface area contributed by atoms with Gasteiger partial charge in [0, 0.05) is 33.1 Å². The molecule has 0 aromatic carbocycles. The van der Waals surface area contributed by atoms with Crippen LogP contribution in [-0.2, 0) is 14.3 Å². The molecule has 2 rings (SSSR count). The first kappa shape index (κ1) is 16.6. The maximum Gasteiger partial charge on any atom is 0.410 e. The fourth-order valence-corrected chi connectivity index (χ4v) is 3.27. The van der Waals surface area contributed by atoms with Crippen LogP contribution in [0.4, 0.5) is 4.79 Å². The minimum Gasteiger partial charge on any atom is -0.481 e. The maximum atomic E-state index is 12.2. The predicted molar refractivity (Wildman–Crippen MR) is 78.2 cm³/mol. The summed E-state index contributed by atoms with van der Waals surface area (Å²) in [7, 11) is 0. The number of nitrogens with zero attached hydrogens (tertiary/aromatic N) is 2. The Morgan fingerprint density at radius 2 is 1.64 bits per heavy atom. The van der Waals surface area contributed by atoms with Gasteiger partial charge in [-0.3, -0.25) is 9.59 Å². The highest BCUT2D eigenvalue weighted by Crippen LogP contribution is 2.36. The molecule has 0 bridgehead atoms. The number of carbonyl (C=O) groups excluding carboxylic acids is 2. The van der Waals surface area contributed by atoms with E-state index in [2.05, 4.69) is 0 Å². The largest absolute Gasteiger partial charge is 0.481 e. The number of carboxylic acids is 1. The molecule has 3 unspecified atom stereocenters. The third-order valence-electron chi connectivity index (χ3n) is 4.29. The van der Waals surface area contributed by atoms with Crippen LogP contribution in [0.15, 0.2) is 0 Å². The van der Waals surface area contributed by atoms with Crippen molar-refractivity contribution in [3.8, 4) is 0 Å². The summed E-state index contributed by atoms with van der Waals surface area (Å²) < 4.78 is 5.36. The van der Waals surface area contributed by atoms with Gasteiger partial charge in [-0.25, -0.2) is 4.79 Å². The van der Waals surface area contributed by atoms with Crippen molar-refractivity contribution in [1.29, 1.82) is 0 Å². The Kier molecular flexibility index (Phi) is 4.35. The van der Waals surface area contributed by atoms with E-state index in [0.717, 1.165) is 0 Å². The second kappa shape index (κ2) is 5.78. The van der Waals surface area contributed by atoms with Gasteiger partial charge in [0.1, 0.15) is 5.60 Å². The van der Waals surface area contributed by atoms with Crippen molar-refractivity contribution in [3.05, 3.63) is 0 Å². The van der Waals surface area contributed by atoms with E-state index in [4.69, 9.17) is 4.74 Å². The Balaban J connectivity index is 2.11. The van der Waals surface area contributed by atoms with Crippen molar-refractivity contribution >= 4 is 18.0 Å². The Bertz CT molecular complexity index is 485. The highest BCUT2D eigenvalue weighted by molar-refractivity contribution is 5.76. The number of carbonyl (C=O) groups is 3. The number of hydrogen-bond donors (Lipinski definition) is 1. The molecule has 3 atom stereocenters.